The average molecular weight is 270 g/mol. The van der Waals surface area contributed by atoms with Crippen molar-refractivity contribution in [3.8, 4) is 0 Å². The van der Waals surface area contributed by atoms with E-state index in [-0.39, 0.29) is 12.1 Å². The van der Waals surface area contributed by atoms with Gasteiger partial charge in [-0.25, -0.2) is 0 Å². The molecule has 2 N–H and O–H groups in total. The molecule has 2 fully saturated rings. The summed E-state index contributed by atoms with van der Waals surface area (Å²) in [6.45, 7) is 8.70. The van der Waals surface area contributed by atoms with Crippen LogP contribution in [0.4, 0.5) is 0 Å². The highest BCUT2D eigenvalue weighted by Crippen LogP contribution is 2.34. The van der Waals surface area contributed by atoms with E-state index in [9.17, 15) is 9.90 Å². The molecule has 0 aromatic carbocycles. The molecule has 5 nitrogen and oxygen atoms in total. The van der Waals surface area contributed by atoms with Crippen molar-refractivity contribution in [1.82, 2.24) is 10.2 Å². The van der Waals surface area contributed by atoms with Crippen molar-refractivity contribution in [2.24, 2.45) is 0 Å². The van der Waals surface area contributed by atoms with Gasteiger partial charge in [0.05, 0.1) is 12.7 Å². The second kappa shape index (κ2) is 5.77. The lowest BCUT2D eigenvalue weighted by Crippen LogP contribution is -2.54. The molecule has 1 heterocycles. The Morgan fingerprint density at radius 2 is 2.26 bits per heavy atom. The average Bonchev–Trinajstić information content (AvgIpc) is 2.74. The zero-order valence-corrected chi connectivity index (χ0v) is 12.2. The third-order valence-corrected chi connectivity index (χ3v) is 4.25. The topological polar surface area (TPSA) is 61.8 Å². The zero-order chi connectivity index (χ0) is 14.0. The first-order chi connectivity index (χ1) is 8.93. The Labute approximate surface area is 115 Å². The van der Waals surface area contributed by atoms with Gasteiger partial charge in [-0.15, -0.1) is 0 Å². The molecule has 0 aromatic heterocycles. The van der Waals surface area contributed by atoms with Crippen molar-refractivity contribution in [2.75, 3.05) is 19.7 Å². The number of morpholine rings is 1. The summed E-state index contributed by atoms with van der Waals surface area (Å²) in [5.74, 6) is -0.704. The molecule has 1 saturated carbocycles. The summed E-state index contributed by atoms with van der Waals surface area (Å²) in [6, 6.07) is 0.562. The molecule has 0 spiro atoms. The lowest BCUT2D eigenvalue weighted by atomic mass is 9.96. The van der Waals surface area contributed by atoms with Crippen LogP contribution in [0.5, 0.6) is 0 Å². The molecule has 1 saturated heterocycles. The Balaban J connectivity index is 2.01. The van der Waals surface area contributed by atoms with Crippen LogP contribution in [0.3, 0.4) is 0 Å². The second-order valence-electron chi connectivity index (χ2n) is 6.26. The molecule has 3 atom stereocenters. The second-order valence-corrected chi connectivity index (χ2v) is 6.26. The molecule has 5 heteroatoms. The smallest absolute Gasteiger partial charge is 0.323 e. The largest absolute Gasteiger partial charge is 0.480 e. The van der Waals surface area contributed by atoms with E-state index in [1.165, 1.54) is 0 Å². The number of nitrogens with one attached hydrogen (secondary N) is 1. The first kappa shape index (κ1) is 14.8. The minimum atomic E-state index is -0.736. The fourth-order valence-corrected chi connectivity index (χ4v) is 3.45. The van der Waals surface area contributed by atoms with E-state index in [2.05, 4.69) is 17.1 Å². The van der Waals surface area contributed by atoms with Crippen LogP contribution in [-0.2, 0) is 9.53 Å². The summed E-state index contributed by atoms with van der Waals surface area (Å²) in [5, 5.41) is 12.9. The number of hydrogen-bond donors (Lipinski definition) is 2. The van der Waals surface area contributed by atoms with E-state index < -0.39 is 11.5 Å². The van der Waals surface area contributed by atoms with Gasteiger partial charge >= 0.3 is 5.97 Å². The lowest BCUT2D eigenvalue weighted by Gasteiger charge is -2.36. The van der Waals surface area contributed by atoms with Gasteiger partial charge in [0, 0.05) is 25.2 Å². The highest BCUT2D eigenvalue weighted by molar-refractivity contribution is 5.79. The maximum absolute atomic E-state index is 11.6. The Hall–Kier alpha value is -0.650. The molecule has 0 radical (unpaired) electrons. The first-order valence-electron chi connectivity index (χ1n) is 7.30. The fourth-order valence-electron chi connectivity index (χ4n) is 3.45. The van der Waals surface area contributed by atoms with Crippen molar-refractivity contribution in [3.63, 3.8) is 0 Å². The van der Waals surface area contributed by atoms with Gasteiger partial charge in [0.1, 0.15) is 5.54 Å². The molecule has 3 unspecified atom stereocenters. The molecular weight excluding hydrogens is 244 g/mol. The van der Waals surface area contributed by atoms with Crippen LogP contribution < -0.4 is 5.32 Å². The molecule has 0 bridgehead atoms. The van der Waals surface area contributed by atoms with E-state index in [0.29, 0.717) is 12.5 Å². The third kappa shape index (κ3) is 3.27. The van der Waals surface area contributed by atoms with Crippen LogP contribution in [-0.4, -0.2) is 59.4 Å². The Kier molecular flexibility index (Phi) is 4.48. The predicted octanol–water partition coefficient (Wildman–Crippen LogP) is 1.08. The number of aliphatic carboxylic acids is 1. The maximum atomic E-state index is 11.6. The Morgan fingerprint density at radius 1 is 1.53 bits per heavy atom. The molecule has 0 aromatic rings. The van der Waals surface area contributed by atoms with Crippen molar-refractivity contribution < 1.29 is 14.6 Å². The monoisotopic (exact) mass is 270 g/mol. The molecule has 110 valence electrons. The normalized spacial score (nSPS) is 36.8. The summed E-state index contributed by atoms with van der Waals surface area (Å²) >= 11 is 0. The molecule has 1 aliphatic heterocycles. The summed E-state index contributed by atoms with van der Waals surface area (Å²) in [7, 11) is 0. The number of carbonyl (C=O) groups is 1. The van der Waals surface area contributed by atoms with Crippen molar-refractivity contribution in [2.45, 2.75) is 63.8 Å². The van der Waals surface area contributed by atoms with Crippen LogP contribution in [0.2, 0.25) is 0 Å². The number of hydrogen-bond acceptors (Lipinski definition) is 4. The molecule has 19 heavy (non-hydrogen) atoms. The molecular formula is C14H26N2O3. The summed E-state index contributed by atoms with van der Waals surface area (Å²) in [6.07, 6.45) is 2.63. The molecule has 0 amide bonds. The quantitative estimate of drug-likeness (QED) is 0.800. The minimum absolute atomic E-state index is 0.193. The van der Waals surface area contributed by atoms with Crippen LogP contribution in [0.25, 0.3) is 0 Å². The van der Waals surface area contributed by atoms with E-state index in [1.807, 2.05) is 13.8 Å². The van der Waals surface area contributed by atoms with Crippen molar-refractivity contribution in [3.05, 3.63) is 0 Å². The van der Waals surface area contributed by atoms with Crippen LogP contribution in [0.1, 0.15) is 40.0 Å². The SMILES string of the molecule is CC(C)NC1(C(=O)O)CCC(N2CCOC(C)C2)C1. The number of rotatable bonds is 4. The highest BCUT2D eigenvalue weighted by Gasteiger charge is 2.47. The van der Waals surface area contributed by atoms with Gasteiger partial charge in [-0.3, -0.25) is 15.0 Å². The number of carboxylic acids is 1. The standard InChI is InChI=1S/C14H26N2O3/c1-10(2)15-14(13(17)18)5-4-12(8-14)16-6-7-19-11(3)9-16/h10-12,15H,4-9H2,1-3H3,(H,17,18). The van der Waals surface area contributed by atoms with E-state index in [0.717, 1.165) is 32.5 Å². The summed E-state index contributed by atoms with van der Waals surface area (Å²) in [5.41, 5.74) is -0.736. The van der Waals surface area contributed by atoms with Gasteiger partial charge in [-0.05, 0) is 40.0 Å². The molecule has 1 aliphatic carbocycles. The Bertz CT molecular complexity index is 335. The van der Waals surface area contributed by atoms with E-state index in [1.54, 1.807) is 0 Å². The van der Waals surface area contributed by atoms with Crippen molar-refractivity contribution >= 4 is 5.97 Å². The Morgan fingerprint density at radius 3 is 2.84 bits per heavy atom. The first-order valence-corrected chi connectivity index (χ1v) is 7.30. The van der Waals surface area contributed by atoms with Crippen molar-refractivity contribution in [1.29, 1.82) is 0 Å². The number of nitrogens with zero attached hydrogens (tertiary/aromatic N) is 1. The number of ether oxygens (including phenoxy) is 1. The van der Waals surface area contributed by atoms with Gasteiger partial charge in [0.25, 0.3) is 0 Å². The van der Waals surface area contributed by atoms with Gasteiger partial charge in [-0.2, -0.15) is 0 Å². The summed E-state index contributed by atoms with van der Waals surface area (Å²) < 4.78 is 5.56. The van der Waals surface area contributed by atoms with Gasteiger partial charge in [0.15, 0.2) is 0 Å². The lowest BCUT2D eigenvalue weighted by molar-refractivity contribution is -0.145. The van der Waals surface area contributed by atoms with Crippen LogP contribution >= 0.6 is 0 Å². The van der Waals surface area contributed by atoms with E-state index >= 15 is 0 Å². The third-order valence-electron chi connectivity index (χ3n) is 4.25. The maximum Gasteiger partial charge on any atom is 0.323 e. The minimum Gasteiger partial charge on any atom is -0.480 e. The van der Waals surface area contributed by atoms with Gasteiger partial charge < -0.3 is 9.84 Å². The summed E-state index contributed by atoms with van der Waals surface area (Å²) in [4.78, 5) is 14.0. The number of carboxylic acid groups (broad SMARTS) is 1. The predicted molar refractivity (Wildman–Crippen MR) is 73.3 cm³/mol. The van der Waals surface area contributed by atoms with Gasteiger partial charge in [0.2, 0.25) is 0 Å². The van der Waals surface area contributed by atoms with Gasteiger partial charge in [-0.1, -0.05) is 0 Å². The van der Waals surface area contributed by atoms with Crippen LogP contribution in [0.15, 0.2) is 0 Å². The van der Waals surface area contributed by atoms with Crippen LogP contribution in [0, 0.1) is 0 Å². The van der Waals surface area contributed by atoms with E-state index in [4.69, 9.17) is 4.74 Å². The highest BCUT2D eigenvalue weighted by atomic mass is 16.5. The molecule has 2 aliphatic rings. The zero-order valence-electron chi connectivity index (χ0n) is 12.2. The molecule has 2 rings (SSSR count). The fraction of sp³-hybridized carbons (Fsp3) is 0.929.